The van der Waals surface area contributed by atoms with Crippen LogP contribution in [0, 0.1) is 11.2 Å². The maximum Gasteiger partial charge on any atom is 0.410 e. The Balaban J connectivity index is 1.14. The second kappa shape index (κ2) is 12.4. The van der Waals surface area contributed by atoms with E-state index in [-0.39, 0.29) is 59.6 Å². The predicted octanol–water partition coefficient (Wildman–Crippen LogP) is 5.17. The molecule has 3 aliphatic rings. The van der Waals surface area contributed by atoms with E-state index >= 15 is 0 Å². The molecule has 1 saturated carbocycles. The number of benzene rings is 2. The summed E-state index contributed by atoms with van der Waals surface area (Å²) in [7, 11) is -3.05. The van der Waals surface area contributed by atoms with Crippen molar-refractivity contribution in [2.24, 2.45) is 5.41 Å². The van der Waals surface area contributed by atoms with E-state index in [1.165, 1.54) is 30.0 Å². The molecule has 0 unspecified atom stereocenters. The molecule has 1 N–H and O–H groups in total. The van der Waals surface area contributed by atoms with Crippen LogP contribution in [0.1, 0.15) is 73.8 Å². The number of carbonyl (C=O) groups is 2. The average Bonchev–Trinajstić information content (AvgIpc) is 2.97. The number of halogens is 1. The molecule has 2 amide bonds. The van der Waals surface area contributed by atoms with Crippen molar-refractivity contribution in [3.05, 3.63) is 94.6 Å². The third-order valence-corrected chi connectivity index (χ3v) is 10.5. The highest BCUT2D eigenvalue weighted by atomic mass is 32.2. The van der Waals surface area contributed by atoms with E-state index in [9.17, 15) is 22.4 Å². The molecule has 47 heavy (non-hydrogen) atoms. The summed E-state index contributed by atoms with van der Waals surface area (Å²) in [5, 5.41) is 3.00. The van der Waals surface area contributed by atoms with Gasteiger partial charge >= 0.3 is 6.09 Å². The van der Waals surface area contributed by atoms with E-state index in [4.69, 9.17) is 4.74 Å². The molecular formula is C35H40FN5O5S. The number of anilines is 1. The first-order valence-corrected chi connectivity index (χ1v) is 17.7. The number of hydrogen-bond acceptors (Lipinski definition) is 8. The summed E-state index contributed by atoms with van der Waals surface area (Å²) in [4.78, 5) is 37.8. The molecule has 2 aliphatic heterocycles. The minimum absolute atomic E-state index is 0.0347. The molecule has 6 rings (SSSR count). The zero-order valence-electron chi connectivity index (χ0n) is 27.1. The van der Waals surface area contributed by atoms with Gasteiger partial charge in [0.2, 0.25) is 5.95 Å². The molecule has 1 atom stereocenters. The first-order chi connectivity index (χ1) is 22.2. The van der Waals surface area contributed by atoms with Gasteiger partial charge in [0, 0.05) is 37.8 Å². The van der Waals surface area contributed by atoms with Crippen LogP contribution in [0.25, 0.3) is 5.57 Å². The van der Waals surface area contributed by atoms with Crippen molar-refractivity contribution in [2.75, 3.05) is 42.6 Å². The highest BCUT2D eigenvalue weighted by Gasteiger charge is 2.53. The smallest absolute Gasteiger partial charge is 0.410 e. The summed E-state index contributed by atoms with van der Waals surface area (Å²) >= 11 is 0. The average molecular weight is 662 g/mol. The van der Waals surface area contributed by atoms with Gasteiger partial charge in [-0.1, -0.05) is 42.0 Å². The number of rotatable bonds is 6. The van der Waals surface area contributed by atoms with Crippen LogP contribution >= 0.6 is 0 Å². The summed E-state index contributed by atoms with van der Waals surface area (Å²) in [5.41, 5.74) is 4.87. The van der Waals surface area contributed by atoms with Gasteiger partial charge in [0.1, 0.15) is 17.1 Å². The molecule has 248 valence electrons. The van der Waals surface area contributed by atoms with Gasteiger partial charge in [-0.05, 0) is 81.0 Å². The van der Waals surface area contributed by atoms with Crippen molar-refractivity contribution in [1.82, 2.24) is 20.2 Å². The molecular weight excluding hydrogens is 621 g/mol. The van der Waals surface area contributed by atoms with Gasteiger partial charge in [-0.25, -0.2) is 27.6 Å². The molecule has 1 spiro atoms. The Morgan fingerprint density at radius 3 is 2.15 bits per heavy atom. The Kier molecular flexibility index (Phi) is 8.58. The molecule has 1 aliphatic carbocycles. The zero-order valence-corrected chi connectivity index (χ0v) is 27.9. The minimum Gasteiger partial charge on any atom is -0.444 e. The van der Waals surface area contributed by atoms with E-state index in [2.05, 4.69) is 15.3 Å². The summed E-state index contributed by atoms with van der Waals surface area (Å²) in [6.07, 6.45) is 2.92. The molecule has 2 saturated heterocycles. The van der Waals surface area contributed by atoms with Crippen LogP contribution in [0.15, 0.2) is 66.4 Å². The first-order valence-electron chi connectivity index (χ1n) is 15.8. The van der Waals surface area contributed by atoms with Gasteiger partial charge in [-0.15, -0.1) is 0 Å². The lowest BCUT2D eigenvalue weighted by Crippen LogP contribution is -2.62. The predicted molar refractivity (Wildman–Crippen MR) is 177 cm³/mol. The van der Waals surface area contributed by atoms with Crippen molar-refractivity contribution in [2.45, 2.75) is 52.2 Å². The lowest BCUT2D eigenvalue weighted by atomic mass is 9.59. The molecule has 3 heterocycles. The Morgan fingerprint density at radius 1 is 0.957 bits per heavy atom. The van der Waals surface area contributed by atoms with Crippen molar-refractivity contribution >= 4 is 33.4 Å². The van der Waals surface area contributed by atoms with Crippen LogP contribution in [0.4, 0.5) is 15.1 Å². The van der Waals surface area contributed by atoms with Gasteiger partial charge < -0.3 is 19.9 Å². The molecule has 10 nitrogen and oxygen atoms in total. The van der Waals surface area contributed by atoms with Crippen LogP contribution in [0.2, 0.25) is 0 Å². The van der Waals surface area contributed by atoms with E-state index in [1.807, 2.05) is 52.0 Å². The number of sulfone groups is 1. The van der Waals surface area contributed by atoms with Crippen LogP contribution in [-0.4, -0.2) is 78.6 Å². The van der Waals surface area contributed by atoms with Gasteiger partial charge in [0.15, 0.2) is 9.84 Å². The zero-order chi connectivity index (χ0) is 33.6. The highest BCUT2D eigenvalue weighted by molar-refractivity contribution is 7.91. The topological polar surface area (TPSA) is 122 Å². The van der Waals surface area contributed by atoms with Crippen LogP contribution in [0.5, 0.6) is 0 Å². The summed E-state index contributed by atoms with van der Waals surface area (Å²) < 4.78 is 43.0. The van der Waals surface area contributed by atoms with E-state index < -0.39 is 15.4 Å². The fraction of sp³-hybridized carbons (Fsp3) is 0.429. The maximum absolute atomic E-state index is 13.9. The highest BCUT2D eigenvalue weighted by Crippen LogP contribution is 2.55. The largest absolute Gasteiger partial charge is 0.444 e. The van der Waals surface area contributed by atoms with Gasteiger partial charge in [0.05, 0.1) is 17.5 Å². The van der Waals surface area contributed by atoms with Crippen molar-refractivity contribution in [3.8, 4) is 0 Å². The quantitative estimate of drug-likeness (QED) is 0.384. The molecule has 2 aromatic carbocycles. The number of ether oxygens (including phenoxy) is 1. The molecule has 1 aromatic heterocycles. The van der Waals surface area contributed by atoms with Crippen LogP contribution in [0.3, 0.4) is 0 Å². The number of likely N-dealkylation sites (tertiary alicyclic amines) is 1. The van der Waals surface area contributed by atoms with Crippen molar-refractivity contribution < 1.29 is 27.1 Å². The number of carbonyl (C=O) groups excluding carboxylic acids is 2. The second-order valence-electron chi connectivity index (χ2n) is 13.9. The van der Waals surface area contributed by atoms with Gasteiger partial charge in [0.25, 0.3) is 5.91 Å². The number of aromatic nitrogens is 2. The molecule has 0 bridgehead atoms. The van der Waals surface area contributed by atoms with Crippen molar-refractivity contribution in [1.29, 1.82) is 0 Å². The first kappa shape index (κ1) is 32.6. The Labute approximate surface area is 275 Å². The van der Waals surface area contributed by atoms with Crippen LogP contribution in [-0.2, 0) is 14.6 Å². The van der Waals surface area contributed by atoms with Gasteiger partial charge in [-0.3, -0.25) is 4.79 Å². The Bertz CT molecular complexity index is 1790. The third kappa shape index (κ3) is 7.32. The van der Waals surface area contributed by atoms with E-state index in [0.717, 1.165) is 35.1 Å². The maximum atomic E-state index is 13.9. The number of allylic oxidation sites excluding steroid dienone is 1. The monoisotopic (exact) mass is 661 g/mol. The molecule has 3 aromatic rings. The summed E-state index contributed by atoms with van der Waals surface area (Å²) in [5.74, 6) is -0.248. The Morgan fingerprint density at radius 2 is 1.55 bits per heavy atom. The SMILES string of the molecule is C[C@@H](NC(=O)c1ccnc(N2CCS(=O)(=O)CC2)n1)c1ccc(C(=C2CC3(C2)CN(C(=O)OC(C)(C)C)C3)c2ccc(F)cc2)cc1. The molecule has 0 radical (unpaired) electrons. The van der Waals surface area contributed by atoms with Crippen molar-refractivity contribution in [3.63, 3.8) is 0 Å². The number of nitrogens with one attached hydrogen (secondary N) is 1. The van der Waals surface area contributed by atoms with Crippen LogP contribution < -0.4 is 10.2 Å². The standard InChI is InChI=1S/C35H40FN5O5S/c1-23(38-31(42)29-13-14-37-32(39-29)40-15-17-47(44,45)18-16-40)24-5-7-25(8-6-24)30(26-9-11-28(36)12-10-26)27-19-35(20-27)21-41(22-35)33(43)46-34(2,3)4/h5-14,23H,15-22H2,1-4H3,(H,38,42)/t23-/m1/s1. The van der Waals surface area contributed by atoms with E-state index in [0.29, 0.717) is 19.0 Å². The lowest BCUT2D eigenvalue weighted by molar-refractivity contribution is -0.0500. The number of amides is 2. The third-order valence-electron chi connectivity index (χ3n) is 8.92. The fourth-order valence-corrected chi connectivity index (χ4v) is 7.70. The number of hydrogen-bond donors (Lipinski definition) is 1. The van der Waals surface area contributed by atoms with Gasteiger partial charge in [-0.2, -0.15) is 0 Å². The molecule has 12 heteroatoms. The normalized spacial score (nSPS) is 19.0. The Hall–Kier alpha value is -4.32. The van der Waals surface area contributed by atoms with E-state index in [1.54, 1.807) is 21.9 Å². The second-order valence-corrected chi connectivity index (χ2v) is 16.2. The number of nitrogens with zero attached hydrogens (tertiary/aromatic N) is 4. The summed E-state index contributed by atoms with van der Waals surface area (Å²) in [6, 6.07) is 15.8. The summed E-state index contributed by atoms with van der Waals surface area (Å²) in [6.45, 7) is 9.38. The minimum atomic E-state index is -3.05. The molecule has 3 fully saturated rings. The lowest BCUT2D eigenvalue weighted by Gasteiger charge is -2.57. The fourth-order valence-electron chi connectivity index (χ4n) is 6.50.